The Morgan fingerprint density at radius 3 is 2.10 bits per heavy atom. The number of nitrogens with one attached hydrogen (secondary N) is 2. The van der Waals surface area contributed by atoms with Gasteiger partial charge in [-0.1, -0.05) is 0 Å². The summed E-state index contributed by atoms with van der Waals surface area (Å²) in [5.74, 6) is -0.642. The number of rotatable bonds is 4. The van der Waals surface area contributed by atoms with Crippen molar-refractivity contribution in [3.8, 4) is 5.75 Å². The highest BCUT2D eigenvalue weighted by Crippen LogP contribution is 2.20. The van der Waals surface area contributed by atoms with Gasteiger partial charge < -0.3 is 25.5 Å². The number of piperazine rings is 1. The van der Waals surface area contributed by atoms with Crippen molar-refractivity contribution in [3.63, 3.8) is 0 Å². The number of hydrogen-bond donors (Lipinski definition) is 3. The Morgan fingerprint density at radius 2 is 1.53 bits per heavy atom. The van der Waals surface area contributed by atoms with Gasteiger partial charge in [0, 0.05) is 43.1 Å². The SMILES string of the molecule is O=C(NCC(F)(F)F)c1ccc(NC(=O)N2CCN(c3ccc(O)cc3)CC2)cc1. The van der Waals surface area contributed by atoms with Crippen LogP contribution in [-0.2, 0) is 0 Å². The van der Waals surface area contributed by atoms with Crippen molar-refractivity contribution >= 4 is 23.3 Å². The lowest BCUT2D eigenvalue weighted by atomic mass is 10.2. The average molecular weight is 422 g/mol. The molecule has 0 bridgehead atoms. The molecule has 0 aromatic heterocycles. The summed E-state index contributed by atoms with van der Waals surface area (Å²) in [6.07, 6.45) is -4.48. The first-order valence-corrected chi connectivity index (χ1v) is 9.26. The number of phenolic OH excluding ortho intramolecular Hbond substituents is 1. The van der Waals surface area contributed by atoms with Gasteiger partial charge in [0.15, 0.2) is 0 Å². The Morgan fingerprint density at radius 1 is 0.933 bits per heavy atom. The maximum absolute atomic E-state index is 12.4. The van der Waals surface area contributed by atoms with Crippen molar-refractivity contribution < 1.29 is 27.9 Å². The third kappa shape index (κ3) is 5.79. The van der Waals surface area contributed by atoms with E-state index in [9.17, 15) is 27.9 Å². The first-order valence-electron chi connectivity index (χ1n) is 9.26. The van der Waals surface area contributed by atoms with Crippen LogP contribution in [0.2, 0.25) is 0 Å². The number of benzene rings is 2. The van der Waals surface area contributed by atoms with Crippen LogP contribution in [0.4, 0.5) is 29.3 Å². The van der Waals surface area contributed by atoms with Gasteiger partial charge in [0.1, 0.15) is 12.3 Å². The van der Waals surface area contributed by atoms with E-state index >= 15 is 0 Å². The molecule has 1 aliphatic heterocycles. The van der Waals surface area contributed by atoms with E-state index in [1.807, 2.05) is 12.1 Å². The number of carbonyl (C=O) groups excluding carboxylic acids is 2. The van der Waals surface area contributed by atoms with Crippen molar-refractivity contribution in [2.24, 2.45) is 0 Å². The van der Waals surface area contributed by atoms with Crippen LogP contribution < -0.4 is 15.5 Å². The van der Waals surface area contributed by atoms with Gasteiger partial charge >= 0.3 is 12.2 Å². The third-order valence-electron chi connectivity index (χ3n) is 4.63. The first-order chi connectivity index (χ1) is 14.2. The summed E-state index contributed by atoms with van der Waals surface area (Å²) in [4.78, 5) is 27.9. The summed E-state index contributed by atoms with van der Waals surface area (Å²) >= 11 is 0. The molecule has 10 heteroatoms. The maximum atomic E-state index is 12.4. The van der Waals surface area contributed by atoms with Crippen molar-refractivity contribution in [2.45, 2.75) is 6.18 Å². The van der Waals surface area contributed by atoms with E-state index in [-0.39, 0.29) is 17.3 Å². The molecule has 30 heavy (non-hydrogen) atoms. The molecule has 0 radical (unpaired) electrons. The van der Waals surface area contributed by atoms with Gasteiger partial charge in [0.05, 0.1) is 0 Å². The van der Waals surface area contributed by atoms with E-state index < -0.39 is 18.6 Å². The second-order valence-corrected chi connectivity index (χ2v) is 6.80. The lowest BCUT2D eigenvalue weighted by Gasteiger charge is -2.36. The monoisotopic (exact) mass is 422 g/mol. The van der Waals surface area contributed by atoms with Gasteiger partial charge in [-0.3, -0.25) is 4.79 Å². The Balaban J connectivity index is 1.49. The lowest BCUT2D eigenvalue weighted by Crippen LogP contribution is -2.50. The van der Waals surface area contributed by atoms with Crippen LogP contribution >= 0.6 is 0 Å². The number of aromatic hydroxyl groups is 1. The van der Waals surface area contributed by atoms with Crippen LogP contribution in [0.25, 0.3) is 0 Å². The standard InChI is InChI=1S/C20H21F3N4O3/c21-20(22,23)13-24-18(29)14-1-3-15(4-2-14)25-19(30)27-11-9-26(10-12-27)16-5-7-17(28)8-6-16/h1-8,28H,9-13H2,(H,24,29)(H,25,30). The van der Waals surface area contributed by atoms with Crippen molar-refractivity contribution in [1.29, 1.82) is 0 Å². The number of halogens is 3. The Bertz CT molecular complexity index is 878. The normalized spacial score (nSPS) is 14.4. The number of nitrogens with zero attached hydrogens (tertiary/aromatic N) is 2. The van der Waals surface area contributed by atoms with Crippen LogP contribution in [0.3, 0.4) is 0 Å². The quantitative estimate of drug-likeness (QED) is 0.707. The highest BCUT2D eigenvalue weighted by atomic mass is 19.4. The third-order valence-corrected chi connectivity index (χ3v) is 4.63. The second kappa shape index (κ2) is 8.93. The fourth-order valence-corrected chi connectivity index (χ4v) is 3.02. The predicted octanol–water partition coefficient (Wildman–Crippen LogP) is 3.04. The van der Waals surface area contributed by atoms with Crippen LogP contribution in [0, 0.1) is 0 Å². The number of carbonyl (C=O) groups is 2. The molecule has 1 saturated heterocycles. The summed E-state index contributed by atoms with van der Waals surface area (Å²) < 4.78 is 36.5. The summed E-state index contributed by atoms with van der Waals surface area (Å²) in [6.45, 7) is 0.878. The topological polar surface area (TPSA) is 84.9 Å². The molecule has 0 spiro atoms. The van der Waals surface area contributed by atoms with E-state index in [0.29, 0.717) is 31.9 Å². The largest absolute Gasteiger partial charge is 0.508 e. The first kappa shape index (κ1) is 21.3. The Hall–Kier alpha value is -3.43. The molecule has 0 saturated carbocycles. The van der Waals surface area contributed by atoms with Gasteiger partial charge in [0.25, 0.3) is 5.91 Å². The molecule has 160 valence electrons. The van der Waals surface area contributed by atoms with Gasteiger partial charge in [-0.25, -0.2) is 4.79 Å². The summed E-state index contributed by atoms with van der Waals surface area (Å²) in [7, 11) is 0. The zero-order valence-electron chi connectivity index (χ0n) is 15.9. The molecule has 0 atom stereocenters. The minimum absolute atomic E-state index is 0.0692. The lowest BCUT2D eigenvalue weighted by molar-refractivity contribution is -0.123. The van der Waals surface area contributed by atoms with Gasteiger partial charge in [-0.15, -0.1) is 0 Å². The number of amides is 3. The number of alkyl halides is 3. The number of urea groups is 1. The van der Waals surface area contributed by atoms with E-state index in [2.05, 4.69) is 10.2 Å². The molecule has 3 rings (SSSR count). The molecule has 7 nitrogen and oxygen atoms in total. The maximum Gasteiger partial charge on any atom is 0.405 e. The second-order valence-electron chi connectivity index (χ2n) is 6.80. The number of anilines is 2. The smallest absolute Gasteiger partial charge is 0.405 e. The molecule has 3 N–H and O–H groups in total. The highest BCUT2D eigenvalue weighted by Gasteiger charge is 2.28. The minimum Gasteiger partial charge on any atom is -0.508 e. The molecule has 1 heterocycles. The summed E-state index contributed by atoms with van der Waals surface area (Å²) in [5.41, 5.74) is 1.47. The fourth-order valence-electron chi connectivity index (χ4n) is 3.02. The molecule has 1 fully saturated rings. The molecule has 0 unspecified atom stereocenters. The average Bonchev–Trinajstić information content (AvgIpc) is 2.73. The van der Waals surface area contributed by atoms with Gasteiger partial charge in [0.2, 0.25) is 0 Å². The van der Waals surface area contributed by atoms with Gasteiger partial charge in [-0.05, 0) is 48.5 Å². The zero-order chi connectivity index (χ0) is 21.7. The van der Waals surface area contributed by atoms with E-state index in [4.69, 9.17) is 0 Å². The summed E-state index contributed by atoms with van der Waals surface area (Å²) in [6, 6.07) is 12.2. The molecule has 1 aliphatic rings. The van der Waals surface area contributed by atoms with Crippen LogP contribution in [0.5, 0.6) is 5.75 Å². The van der Waals surface area contributed by atoms with Gasteiger partial charge in [-0.2, -0.15) is 13.2 Å². The molecule has 0 aliphatic carbocycles. The Kier molecular flexibility index (Phi) is 6.34. The number of phenols is 1. The molecular formula is C20H21F3N4O3. The van der Waals surface area contributed by atoms with E-state index in [0.717, 1.165) is 5.69 Å². The molecule has 3 amide bonds. The van der Waals surface area contributed by atoms with Crippen LogP contribution in [0.1, 0.15) is 10.4 Å². The predicted molar refractivity (Wildman–Crippen MR) is 106 cm³/mol. The van der Waals surface area contributed by atoms with Crippen molar-refractivity contribution in [2.75, 3.05) is 42.9 Å². The van der Waals surface area contributed by atoms with E-state index in [1.54, 1.807) is 22.3 Å². The highest BCUT2D eigenvalue weighted by molar-refractivity contribution is 5.95. The summed E-state index contributed by atoms with van der Waals surface area (Å²) in [5, 5.41) is 13.9. The fraction of sp³-hybridized carbons (Fsp3) is 0.300. The zero-order valence-corrected chi connectivity index (χ0v) is 15.9. The molecule has 2 aromatic carbocycles. The minimum atomic E-state index is -4.48. The molecular weight excluding hydrogens is 401 g/mol. The van der Waals surface area contributed by atoms with Crippen molar-refractivity contribution in [1.82, 2.24) is 10.2 Å². The van der Waals surface area contributed by atoms with E-state index in [1.165, 1.54) is 24.3 Å². The van der Waals surface area contributed by atoms with Crippen molar-refractivity contribution in [3.05, 3.63) is 54.1 Å². The van der Waals surface area contributed by atoms with Crippen LogP contribution in [0.15, 0.2) is 48.5 Å². The molecule has 2 aromatic rings. The van der Waals surface area contributed by atoms with Crippen LogP contribution in [-0.4, -0.2) is 60.8 Å². The Labute approximate surface area is 171 Å². The number of hydrogen-bond acceptors (Lipinski definition) is 4.